The van der Waals surface area contributed by atoms with Crippen LogP contribution >= 0.6 is 0 Å². The maximum Gasteiger partial charge on any atom is 0.341 e. The molecular weight excluding hydrogens is 386 g/mol. The standard InChI is InChI=1S/C22H21N3O5/c1-3-28-22(27)18-12-24-25(14(18)2)17-7-5-16(6-8-17)21(26)23-11-15-4-9-19-20(10-15)30-13-29-19/h4-10,12H,3,11,13H2,1-2H3,(H,23,26). The van der Waals surface area contributed by atoms with Crippen LogP contribution in [0.1, 0.15) is 38.9 Å². The van der Waals surface area contributed by atoms with Gasteiger partial charge in [0.1, 0.15) is 5.56 Å². The van der Waals surface area contributed by atoms with Crippen molar-refractivity contribution in [3.05, 3.63) is 71.0 Å². The van der Waals surface area contributed by atoms with Crippen molar-refractivity contribution >= 4 is 11.9 Å². The number of aromatic nitrogens is 2. The summed E-state index contributed by atoms with van der Waals surface area (Å²) in [6.45, 7) is 4.45. The number of hydrogen-bond acceptors (Lipinski definition) is 6. The third-order valence-electron chi connectivity index (χ3n) is 4.77. The summed E-state index contributed by atoms with van der Waals surface area (Å²) in [4.78, 5) is 24.4. The molecule has 0 aliphatic carbocycles. The van der Waals surface area contributed by atoms with Gasteiger partial charge in [0, 0.05) is 12.1 Å². The third kappa shape index (κ3) is 3.84. The number of fused-ring (bicyclic) bond motifs is 1. The number of ether oxygens (including phenoxy) is 3. The largest absolute Gasteiger partial charge is 0.462 e. The van der Waals surface area contributed by atoms with Crippen molar-refractivity contribution in [3.8, 4) is 17.2 Å². The van der Waals surface area contributed by atoms with E-state index < -0.39 is 5.97 Å². The van der Waals surface area contributed by atoms with Gasteiger partial charge in [0.25, 0.3) is 5.91 Å². The molecule has 1 aliphatic heterocycles. The molecule has 0 atom stereocenters. The quantitative estimate of drug-likeness (QED) is 0.632. The Bertz CT molecular complexity index is 1090. The Kier molecular flexibility index (Phi) is 5.38. The second kappa shape index (κ2) is 8.28. The van der Waals surface area contributed by atoms with Crippen LogP contribution in [-0.2, 0) is 11.3 Å². The zero-order chi connectivity index (χ0) is 21.1. The number of rotatable bonds is 6. The molecule has 2 heterocycles. The molecule has 154 valence electrons. The predicted octanol–water partition coefficient (Wildman–Crippen LogP) is 3.02. The van der Waals surface area contributed by atoms with E-state index >= 15 is 0 Å². The predicted molar refractivity (Wildman–Crippen MR) is 108 cm³/mol. The number of carbonyl (C=O) groups excluding carboxylic acids is 2. The zero-order valence-corrected chi connectivity index (χ0v) is 16.7. The van der Waals surface area contributed by atoms with Gasteiger partial charge in [-0.1, -0.05) is 6.07 Å². The molecule has 0 unspecified atom stereocenters. The molecule has 3 aromatic rings. The number of benzene rings is 2. The number of nitrogens with one attached hydrogen (secondary N) is 1. The summed E-state index contributed by atoms with van der Waals surface area (Å²) in [7, 11) is 0. The van der Waals surface area contributed by atoms with Gasteiger partial charge < -0.3 is 19.5 Å². The smallest absolute Gasteiger partial charge is 0.341 e. The summed E-state index contributed by atoms with van der Waals surface area (Å²) in [6.07, 6.45) is 1.49. The Hall–Kier alpha value is -3.81. The van der Waals surface area contributed by atoms with Gasteiger partial charge in [-0.05, 0) is 55.8 Å². The zero-order valence-electron chi connectivity index (χ0n) is 16.7. The first kappa shape index (κ1) is 19.5. The molecule has 1 aromatic heterocycles. The molecule has 0 saturated heterocycles. The number of hydrogen-bond donors (Lipinski definition) is 1. The van der Waals surface area contributed by atoms with Crippen molar-refractivity contribution in [2.45, 2.75) is 20.4 Å². The van der Waals surface area contributed by atoms with E-state index in [0.717, 1.165) is 11.3 Å². The third-order valence-corrected chi connectivity index (χ3v) is 4.77. The fourth-order valence-electron chi connectivity index (χ4n) is 3.17. The summed E-state index contributed by atoms with van der Waals surface area (Å²) in [5.74, 6) is 0.799. The van der Waals surface area contributed by atoms with Crippen LogP contribution in [0.3, 0.4) is 0 Å². The van der Waals surface area contributed by atoms with Crippen LogP contribution in [0.15, 0.2) is 48.7 Å². The normalized spacial score (nSPS) is 11.9. The lowest BCUT2D eigenvalue weighted by molar-refractivity contribution is 0.0525. The summed E-state index contributed by atoms with van der Waals surface area (Å²) >= 11 is 0. The molecule has 2 aromatic carbocycles. The topological polar surface area (TPSA) is 91.7 Å². The molecule has 0 bridgehead atoms. The molecule has 0 radical (unpaired) electrons. The van der Waals surface area contributed by atoms with Gasteiger partial charge >= 0.3 is 5.97 Å². The van der Waals surface area contributed by atoms with E-state index in [1.54, 1.807) is 42.8 Å². The monoisotopic (exact) mass is 407 g/mol. The Morgan fingerprint density at radius 3 is 2.67 bits per heavy atom. The van der Waals surface area contributed by atoms with Crippen LogP contribution in [-0.4, -0.2) is 35.1 Å². The molecule has 0 spiro atoms. The highest BCUT2D eigenvalue weighted by atomic mass is 16.7. The van der Waals surface area contributed by atoms with Crippen LogP contribution in [0.5, 0.6) is 11.5 Å². The Balaban J connectivity index is 1.42. The van der Waals surface area contributed by atoms with E-state index in [1.807, 2.05) is 18.2 Å². The summed E-state index contributed by atoms with van der Waals surface area (Å²) < 4.78 is 17.3. The first-order valence-corrected chi connectivity index (χ1v) is 9.55. The maximum absolute atomic E-state index is 12.5. The summed E-state index contributed by atoms with van der Waals surface area (Å²) in [6, 6.07) is 12.6. The molecule has 30 heavy (non-hydrogen) atoms. The molecule has 0 saturated carbocycles. The van der Waals surface area contributed by atoms with Gasteiger partial charge in [-0.15, -0.1) is 0 Å². The Morgan fingerprint density at radius 1 is 1.13 bits per heavy atom. The second-order valence-corrected chi connectivity index (χ2v) is 6.69. The lowest BCUT2D eigenvalue weighted by atomic mass is 10.1. The van der Waals surface area contributed by atoms with Crippen molar-refractivity contribution < 1.29 is 23.8 Å². The first-order valence-electron chi connectivity index (χ1n) is 9.55. The minimum Gasteiger partial charge on any atom is -0.462 e. The summed E-state index contributed by atoms with van der Waals surface area (Å²) in [5.41, 5.74) is 3.28. The fraction of sp³-hybridized carbons (Fsp3) is 0.227. The second-order valence-electron chi connectivity index (χ2n) is 6.69. The summed E-state index contributed by atoms with van der Waals surface area (Å²) in [5, 5.41) is 7.15. The SMILES string of the molecule is CCOC(=O)c1cnn(-c2ccc(C(=O)NCc3ccc4c(c3)OCO4)cc2)c1C. The van der Waals surface area contributed by atoms with Crippen LogP contribution in [0, 0.1) is 6.92 Å². The van der Waals surface area contributed by atoms with Crippen molar-refractivity contribution in [1.82, 2.24) is 15.1 Å². The van der Waals surface area contributed by atoms with Crippen LogP contribution < -0.4 is 14.8 Å². The minimum absolute atomic E-state index is 0.191. The lowest BCUT2D eigenvalue weighted by Gasteiger charge is -2.08. The average molecular weight is 407 g/mol. The lowest BCUT2D eigenvalue weighted by Crippen LogP contribution is -2.22. The maximum atomic E-state index is 12.5. The van der Waals surface area contributed by atoms with Gasteiger partial charge in [-0.3, -0.25) is 4.79 Å². The number of amides is 1. The van der Waals surface area contributed by atoms with E-state index in [9.17, 15) is 9.59 Å². The van der Waals surface area contributed by atoms with Crippen molar-refractivity contribution in [3.63, 3.8) is 0 Å². The van der Waals surface area contributed by atoms with Crippen LogP contribution in [0.25, 0.3) is 5.69 Å². The van der Waals surface area contributed by atoms with Crippen molar-refractivity contribution in [2.24, 2.45) is 0 Å². The van der Waals surface area contributed by atoms with E-state index in [2.05, 4.69) is 10.4 Å². The van der Waals surface area contributed by atoms with Crippen molar-refractivity contribution in [2.75, 3.05) is 13.4 Å². The molecule has 1 amide bonds. The molecular formula is C22H21N3O5. The molecule has 4 rings (SSSR count). The number of carbonyl (C=O) groups is 2. The van der Waals surface area contributed by atoms with E-state index in [4.69, 9.17) is 14.2 Å². The van der Waals surface area contributed by atoms with Gasteiger partial charge in [-0.2, -0.15) is 5.10 Å². The number of esters is 1. The Labute approximate surface area is 173 Å². The molecule has 0 fully saturated rings. The fourth-order valence-corrected chi connectivity index (χ4v) is 3.17. The highest BCUT2D eigenvalue weighted by Crippen LogP contribution is 2.32. The van der Waals surface area contributed by atoms with E-state index in [-0.39, 0.29) is 12.7 Å². The van der Waals surface area contributed by atoms with Gasteiger partial charge in [0.05, 0.1) is 24.2 Å². The van der Waals surface area contributed by atoms with E-state index in [1.165, 1.54) is 6.20 Å². The van der Waals surface area contributed by atoms with Crippen LogP contribution in [0.4, 0.5) is 0 Å². The molecule has 8 nitrogen and oxygen atoms in total. The van der Waals surface area contributed by atoms with Gasteiger partial charge in [0.15, 0.2) is 11.5 Å². The minimum atomic E-state index is -0.402. The highest BCUT2D eigenvalue weighted by molar-refractivity contribution is 5.94. The van der Waals surface area contributed by atoms with E-state index in [0.29, 0.717) is 41.5 Å². The van der Waals surface area contributed by atoms with Crippen LogP contribution in [0.2, 0.25) is 0 Å². The highest BCUT2D eigenvalue weighted by Gasteiger charge is 2.17. The average Bonchev–Trinajstić information content (AvgIpc) is 3.38. The van der Waals surface area contributed by atoms with Gasteiger partial charge in [0.2, 0.25) is 6.79 Å². The van der Waals surface area contributed by atoms with Crippen molar-refractivity contribution in [1.29, 1.82) is 0 Å². The number of nitrogens with zero attached hydrogens (tertiary/aromatic N) is 2. The van der Waals surface area contributed by atoms with Gasteiger partial charge in [-0.25, -0.2) is 9.48 Å². The molecule has 1 N–H and O–H groups in total. The first-order chi connectivity index (χ1) is 14.6. The molecule has 1 aliphatic rings. The Morgan fingerprint density at radius 2 is 1.90 bits per heavy atom. The molecule has 8 heteroatoms.